The molecule has 1 unspecified atom stereocenters. The number of hydrogen-bond donors (Lipinski definition) is 1. The number of carbonyl (C=O) groups is 1. The minimum Gasteiger partial charge on any atom is -0.355 e. The fraction of sp³-hybridized carbons (Fsp3) is 0.917. The highest BCUT2D eigenvalue weighted by molar-refractivity contribution is 9.09. The van der Waals surface area contributed by atoms with Gasteiger partial charge in [0.15, 0.2) is 0 Å². The first-order valence-corrected chi connectivity index (χ1v) is 7.03. The predicted octanol–water partition coefficient (Wildman–Crippen LogP) is 3.35. The summed E-state index contributed by atoms with van der Waals surface area (Å²) in [4.78, 5) is 12.0. The summed E-state index contributed by atoms with van der Waals surface area (Å²) >= 11 is 3.48. The van der Waals surface area contributed by atoms with Gasteiger partial charge in [0, 0.05) is 30.1 Å². The Kier molecular flexibility index (Phi) is 5.35. The zero-order valence-electron chi connectivity index (χ0n) is 10.3. The first-order valence-electron chi connectivity index (χ1n) is 6.11. The molecule has 1 N–H and O–H groups in total. The minimum atomic E-state index is -2.56. The summed E-state index contributed by atoms with van der Waals surface area (Å²) in [6.07, 6.45) is 0.279. The SMILES string of the molecule is CC(C)C(Br)CNC(=O)C1CCC(F)(F)CC1. The number of nitrogens with one attached hydrogen (secondary N) is 1. The van der Waals surface area contributed by atoms with Crippen molar-refractivity contribution in [2.75, 3.05) is 6.54 Å². The molecule has 0 aromatic rings. The molecule has 2 nitrogen and oxygen atoms in total. The average Bonchev–Trinajstić information content (AvgIpc) is 2.25. The van der Waals surface area contributed by atoms with Crippen LogP contribution in [0.1, 0.15) is 39.5 Å². The smallest absolute Gasteiger partial charge is 0.248 e. The second-order valence-corrected chi connectivity index (χ2v) is 6.31. The fourth-order valence-corrected chi connectivity index (χ4v) is 2.04. The Morgan fingerprint density at radius 2 is 1.94 bits per heavy atom. The molecule has 1 atom stereocenters. The van der Waals surface area contributed by atoms with Crippen LogP contribution in [0.5, 0.6) is 0 Å². The molecule has 1 amide bonds. The molecule has 1 aliphatic rings. The van der Waals surface area contributed by atoms with Gasteiger partial charge in [0.2, 0.25) is 11.8 Å². The maximum Gasteiger partial charge on any atom is 0.248 e. The summed E-state index contributed by atoms with van der Waals surface area (Å²) in [5.41, 5.74) is 0. The van der Waals surface area contributed by atoms with Crippen LogP contribution >= 0.6 is 15.9 Å². The lowest BCUT2D eigenvalue weighted by Crippen LogP contribution is -2.39. The van der Waals surface area contributed by atoms with Gasteiger partial charge in [-0.2, -0.15) is 0 Å². The molecule has 0 heterocycles. The van der Waals surface area contributed by atoms with E-state index in [1.165, 1.54) is 0 Å². The summed E-state index contributed by atoms with van der Waals surface area (Å²) in [7, 11) is 0. The highest BCUT2D eigenvalue weighted by Crippen LogP contribution is 2.36. The third kappa shape index (κ3) is 4.90. The molecule has 1 fully saturated rings. The molecule has 1 aliphatic carbocycles. The van der Waals surface area contributed by atoms with E-state index in [9.17, 15) is 13.6 Å². The van der Waals surface area contributed by atoms with E-state index in [1.54, 1.807) is 0 Å². The Bertz CT molecular complexity index is 261. The lowest BCUT2D eigenvalue weighted by Gasteiger charge is -2.27. The van der Waals surface area contributed by atoms with E-state index in [4.69, 9.17) is 0 Å². The summed E-state index contributed by atoms with van der Waals surface area (Å²) in [5.74, 6) is -2.44. The van der Waals surface area contributed by atoms with Gasteiger partial charge in [0.1, 0.15) is 0 Å². The van der Waals surface area contributed by atoms with E-state index in [1.807, 2.05) is 0 Å². The monoisotopic (exact) mass is 311 g/mol. The molecule has 1 saturated carbocycles. The van der Waals surface area contributed by atoms with Crippen molar-refractivity contribution in [1.29, 1.82) is 0 Å². The Morgan fingerprint density at radius 3 is 2.41 bits per heavy atom. The van der Waals surface area contributed by atoms with Gasteiger partial charge in [0.05, 0.1) is 0 Å². The van der Waals surface area contributed by atoms with Crippen molar-refractivity contribution < 1.29 is 13.6 Å². The molecule has 0 aliphatic heterocycles. The molecule has 0 aromatic carbocycles. The van der Waals surface area contributed by atoms with Gasteiger partial charge in [0.25, 0.3) is 0 Å². The maximum absolute atomic E-state index is 12.9. The quantitative estimate of drug-likeness (QED) is 0.793. The number of halogens is 3. The first kappa shape index (κ1) is 14.9. The van der Waals surface area contributed by atoms with Crippen LogP contribution in [0.15, 0.2) is 0 Å². The molecular formula is C12H20BrF2NO. The molecule has 1 rings (SSSR count). The van der Waals surface area contributed by atoms with Gasteiger partial charge in [-0.15, -0.1) is 0 Å². The van der Waals surface area contributed by atoms with E-state index in [0.29, 0.717) is 25.3 Å². The molecule has 100 valence electrons. The van der Waals surface area contributed by atoms with E-state index in [2.05, 4.69) is 35.1 Å². The fourth-order valence-electron chi connectivity index (χ4n) is 1.88. The lowest BCUT2D eigenvalue weighted by atomic mass is 9.86. The summed E-state index contributed by atoms with van der Waals surface area (Å²) in [5, 5.41) is 2.83. The summed E-state index contributed by atoms with van der Waals surface area (Å²) in [6, 6.07) is 0. The van der Waals surface area contributed by atoms with Gasteiger partial charge in [-0.05, 0) is 18.8 Å². The third-order valence-electron chi connectivity index (χ3n) is 3.28. The van der Waals surface area contributed by atoms with Gasteiger partial charge in [-0.1, -0.05) is 29.8 Å². The van der Waals surface area contributed by atoms with Crippen molar-refractivity contribution in [1.82, 2.24) is 5.32 Å². The van der Waals surface area contributed by atoms with Crippen LogP contribution in [0.4, 0.5) is 8.78 Å². The summed E-state index contributed by atoms with van der Waals surface area (Å²) < 4.78 is 25.8. The highest BCUT2D eigenvalue weighted by atomic mass is 79.9. The zero-order chi connectivity index (χ0) is 13.1. The van der Waals surface area contributed by atoms with Crippen LogP contribution in [0, 0.1) is 11.8 Å². The normalized spacial score (nSPS) is 22.5. The van der Waals surface area contributed by atoms with Gasteiger partial charge in [-0.25, -0.2) is 8.78 Å². The molecule has 0 radical (unpaired) electrons. The van der Waals surface area contributed by atoms with Crippen LogP contribution < -0.4 is 5.32 Å². The largest absolute Gasteiger partial charge is 0.355 e. The van der Waals surface area contributed by atoms with Gasteiger partial charge in [-0.3, -0.25) is 4.79 Å². The van der Waals surface area contributed by atoms with Crippen molar-refractivity contribution in [2.45, 2.75) is 50.3 Å². The molecule has 5 heteroatoms. The lowest BCUT2D eigenvalue weighted by molar-refractivity contribution is -0.129. The van der Waals surface area contributed by atoms with E-state index in [0.717, 1.165) is 0 Å². The Hall–Kier alpha value is -0.190. The third-order valence-corrected chi connectivity index (χ3v) is 4.66. The molecule has 17 heavy (non-hydrogen) atoms. The second kappa shape index (κ2) is 6.12. The predicted molar refractivity (Wildman–Crippen MR) is 67.5 cm³/mol. The molecule has 0 spiro atoms. The molecule has 0 saturated heterocycles. The van der Waals surface area contributed by atoms with Crippen molar-refractivity contribution in [3.8, 4) is 0 Å². The topological polar surface area (TPSA) is 29.1 Å². The Balaban J connectivity index is 2.30. The summed E-state index contributed by atoms with van der Waals surface area (Å²) in [6.45, 7) is 4.68. The first-order chi connectivity index (χ1) is 7.82. The number of alkyl halides is 3. The minimum absolute atomic E-state index is 0.0781. The molecular weight excluding hydrogens is 292 g/mol. The Morgan fingerprint density at radius 1 is 1.41 bits per heavy atom. The van der Waals surface area contributed by atoms with Crippen molar-refractivity contribution in [3.05, 3.63) is 0 Å². The van der Waals surface area contributed by atoms with E-state index in [-0.39, 0.29) is 29.5 Å². The number of hydrogen-bond acceptors (Lipinski definition) is 1. The van der Waals surface area contributed by atoms with E-state index < -0.39 is 5.92 Å². The zero-order valence-corrected chi connectivity index (χ0v) is 11.9. The van der Waals surface area contributed by atoms with Gasteiger partial charge < -0.3 is 5.32 Å². The van der Waals surface area contributed by atoms with Crippen LogP contribution in [-0.4, -0.2) is 23.2 Å². The molecule has 0 bridgehead atoms. The average molecular weight is 312 g/mol. The standard InChI is InChI=1S/C12H20BrF2NO/c1-8(2)10(13)7-16-11(17)9-3-5-12(14,15)6-4-9/h8-10H,3-7H2,1-2H3,(H,16,17). The van der Waals surface area contributed by atoms with Crippen LogP contribution in [0.25, 0.3) is 0 Å². The van der Waals surface area contributed by atoms with Gasteiger partial charge >= 0.3 is 0 Å². The number of rotatable bonds is 4. The van der Waals surface area contributed by atoms with Crippen LogP contribution in [0.3, 0.4) is 0 Å². The second-order valence-electron chi connectivity index (χ2n) is 5.14. The van der Waals surface area contributed by atoms with Crippen molar-refractivity contribution in [2.24, 2.45) is 11.8 Å². The highest BCUT2D eigenvalue weighted by Gasteiger charge is 2.37. The molecule has 0 aromatic heterocycles. The Labute approximate surface area is 110 Å². The van der Waals surface area contributed by atoms with Crippen molar-refractivity contribution in [3.63, 3.8) is 0 Å². The number of amides is 1. The maximum atomic E-state index is 12.9. The van der Waals surface area contributed by atoms with Crippen LogP contribution in [-0.2, 0) is 4.79 Å². The van der Waals surface area contributed by atoms with Crippen LogP contribution in [0.2, 0.25) is 0 Å². The van der Waals surface area contributed by atoms with E-state index >= 15 is 0 Å². The van der Waals surface area contributed by atoms with Crippen molar-refractivity contribution >= 4 is 21.8 Å². The number of carbonyl (C=O) groups excluding carboxylic acids is 1.